The Labute approximate surface area is 171 Å². The molecule has 0 heterocycles. The van der Waals surface area contributed by atoms with E-state index in [9.17, 15) is 4.57 Å². The molecule has 2 rings (SSSR count). The lowest BCUT2D eigenvalue weighted by Gasteiger charge is -2.20. The molecule has 2 aromatic carbocycles. The van der Waals surface area contributed by atoms with Gasteiger partial charge in [0, 0.05) is 16.7 Å². The zero-order chi connectivity index (χ0) is 19.2. The third-order valence-corrected chi connectivity index (χ3v) is 5.29. The quantitative estimate of drug-likeness (QED) is 0.301. The summed E-state index contributed by atoms with van der Waals surface area (Å²) < 4.78 is 34.4. The summed E-state index contributed by atoms with van der Waals surface area (Å²) in [7, 11) is -4.12. The lowest BCUT2D eigenvalue weighted by Crippen LogP contribution is -2.10. The van der Waals surface area contributed by atoms with Crippen LogP contribution in [0.2, 0.25) is 20.1 Å². The van der Waals surface area contributed by atoms with E-state index in [2.05, 4.69) is 0 Å². The van der Waals surface area contributed by atoms with Gasteiger partial charge in [-0.3, -0.25) is 4.52 Å². The molecule has 0 saturated carbocycles. The largest absolute Gasteiger partial charge is 0.587 e. The van der Waals surface area contributed by atoms with Crippen LogP contribution in [0.3, 0.4) is 0 Å². The number of phosphoric ester groups is 1. The molecule has 0 saturated heterocycles. The lowest BCUT2D eigenvalue weighted by molar-refractivity contribution is 0.0963. The summed E-state index contributed by atoms with van der Waals surface area (Å²) >= 11 is 23.8. The van der Waals surface area contributed by atoms with Crippen LogP contribution in [0.5, 0.6) is 11.5 Å². The first kappa shape index (κ1) is 21.6. The first-order valence-corrected chi connectivity index (χ1v) is 10.4. The Balaban J connectivity index is 2.24. The summed E-state index contributed by atoms with van der Waals surface area (Å²) in [4.78, 5) is 0. The van der Waals surface area contributed by atoms with Gasteiger partial charge in [-0.05, 0) is 43.3 Å². The van der Waals surface area contributed by atoms with Gasteiger partial charge in [0.05, 0.1) is 23.3 Å². The van der Waals surface area contributed by atoms with Crippen molar-refractivity contribution in [3.05, 3.63) is 56.5 Å². The fourth-order valence-electron chi connectivity index (χ4n) is 1.76. The minimum Gasteiger partial charge on any atom is -0.393 e. The average molecular weight is 460 g/mol. The molecule has 0 N–H and O–H groups in total. The van der Waals surface area contributed by atoms with Gasteiger partial charge in [-0.2, -0.15) is 0 Å². The molecular formula is C16H15Cl4O5P. The van der Waals surface area contributed by atoms with Crippen molar-refractivity contribution in [2.45, 2.75) is 6.92 Å². The van der Waals surface area contributed by atoms with Gasteiger partial charge < -0.3 is 13.8 Å². The Morgan fingerprint density at radius 1 is 0.846 bits per heavy atom. The second kappa shape index (κ2) is 10.0. The fraction of sp³-hybridized carbons (Fsp3) is 0.250. The van der Waals surface area contributed by atoms with Gasteiger partial charge in [0.15, 0.2) is 11.5 Å². The number of benzene rings is 2. The predicted octanol–water partition coefficient (Wildman–Crippen LogP) is 6.92. The molecule has 0 amide bonds. The van der Waals surface area contributed by atoms with Crippen LogP contribution in [0, 0.1) is 0 Å². The van der Waals surface area contributed by atoms with E-state index in [4.69, 9.17) is 64.7 Å². The van der Waals surface area contributed by atoms with Gasteiger partial charge in [-0.15, -0.1) is 0 Å². The Hall–Kier alpha value is -0.650. The van der Waals surface area contributed by atoms with Crippen molar-refractivity contribution in [2.24, 2.45) is 0 Å². The van der Waals surface area contributed by atoms with Gasteiger partial charge in [-0.1, -0.05) is 46.4 Å². The summed E-state index contributed by atoms with van der Waals surface area (Å²) in [6, 6.07) is 8.85. The van der Waals surface area contributed by atoms with Crippen molar-refractivity contribution in [1.29, 1.82) is 0 Å². The molecule has 0 atom stereocenters. The molecule has 0 fully saturated rings. The van der Waals surface area contributed by atoms with E-state index in [1.165, 1.54) is 36.4 Å². The highest BCUT2D eigenvalue weighted by Gasteiger charge is 2.32. The van der Waals surface area contributed by atoms with Gasteiger partial charge in [0.2, 0.25) is 0 Å². The van der Waals surface area contributed by atoms with Crippen LogP contribution in [-0.4, -0.2) is 19.8 Å². The molecule has 0 aliphatic carbocycles. The van der Waals surface area contributed by atoms with Crippen molar-refractivity contribution >= 4 is 54.2 Å². The van der Waals surface area contributed by atoms with Crippen molar-refractivity contribution < 1.29 is 22.9 Å². The van der Waals surface area contributed by atoms with Crippen molar-refractivity contribution in [2.75, 3.05) is 19.8 Å². The lowest BCUT2D eigenvalue weighted by atomic mass is 10.3. The maximum absolute atomic E-state index is 13.1. The Morgan fingerprint density at radius 3 is 1.77 bits per heavy atom. The van der Waals surface area contributed by atoms with E-state index in [-0.39, 0.29) is 34.8 Å². The van der Waals surface area contributed by atoms with E-state index in [0.29, 0.717) is 16.7 Å². The smallest absolute Gasteiger partial charge is 0.393 e. The second-order valence-corrected chi connectivity index (χ2v) is 8.01. The summed E-state index contributed by atoms with van der Waals surface area (Å²) in [6.07, 6.45) is 0. The van der Waals surface area contributed by atoms with Gasteiger partial charge in [0.1, 0.15) is 0 Å². The summed E-state index contributed by atoms with van der Waals surface area (Å²) in [5.74, 6) is 0.168. The van der Waals surface area contributed by atoms with Crippen LogP contribution >= 0.6 is 54.2 Å². The third-order valence-electron chi connectivity index (χ3n) is 2.89. The van der Waals surface area contributed by atoms with Crippen LogP contribution in [0.25, 0.3) is 0 Å². The molecule has 0 aliphatic heterocycles. The number of phosphoric acid groups is 1. The summed E-state index contributed by atoms with van der Waals surface area (Å²) in [6.45, 7) is 2.49. The number of hydrogen-bond donors (Lipinski definition) is 0. The normalized spacial score (nSPS) is 11.4. The molecule has 26 heavy (non-hydrogen) atoms. The zero-order valence-electron chi connectivity index (χ0n) is 13.6. The highest BCUT2D eigenvalue weighted by atomic mass is 35.5. The molecule has 0 spiro atoms. The number of rotatable bonds is 9. The van der Waals surface area contributed by atoms with Crippen LogP contribution in [0.1, 0.15) is 6.92 Å². The molecule has 0 aliphatic rings. The van der Waals surface area contributed by atoms with E-state index in [0.717, 1.165) is 0 Å². The number of ether oxygens (including phenoxy) is 1. The Bertz CT molecular complexity index is 745. The molecule has 2 aromatic rings. The minimum absolute atomic E-state index is 0.0263. The molecule has 0 aromatic heterocycles. The first-order valence-electron chi connectivity index (χ1n) is 7.44. The minimum atomic E-state index is -4.12. The molecule has 142 valence electrons. The SMILES string of the molecule is CCOCCOP(=O)(Oc1ccc(Cl)cc1Cl)Oc1ccc(Cl)cc1Cl. The van der Waals surface area contributed by atoms with Crippen molar-refractivity contribution in [1.82, 2.24) is 0 Å². The predicted molar refractivity (Wildman–Crippen MR) is 104 cm³/mol. The van der Waals surface area contributed by atoms with Crippen molar-refractivity contribution in [3.63, 3.8) is 0 Å². The molecular weight excluding hydrogens is 445 g/mol. The van der Waals surface area contributed by atoms with Gasteiger partial charge in [0.25, 0.3) is 0 Å². The van der Waals surface area contributed by atoms with Crippen molar-refractivity contribution in [3.8, 4) is 11.5 Å². The second-order valence-electron chi connectivity index (χ2n) is 4.81. The van der Waals surface area contributed by atoms with Crippen LogP contribution in [0.4, 0.5) is 0 Å². The van der Waals surface area contributed by atoms with E-state index in [1.54, 1.807) is 0 Å². The van der Waals surface area contributed by atoms with Gasteiger partial charge >= 0.3 is 7.82 Å². The Morgan fingerprint density at radius 2 is 1.35 bits per heavy atom. The van der Waals surface area contributed by atoms with Crippen LogP contribution < -0.4 is 9.05 Å². The maximum Gasteiger partial charge on any atom is 0.587 e. The monoisotopic (exact) mass is 458 g/mol. The highest BCUT2D eigenvalue weighted by Crippen LogP contribution is 2.52. The molecule has 0 unspecified atom stereocenters. The highest BCUT2D eigenvalue weighted by molar-refractivity contribution is 7.49. The topological polar surface area (TPSA) is 54.0 Å². The maximum atomic E-state index is 13.1. The summed E-state index contributed by atoms with van der Waals surface area (Å²) in [5.41, 5.74) is 0. The van der Waals surface area contributed by atoms with Gasteiger partial charge in [-0.25, -0.2) is 4.57 Å². The molecule has 5 nitrogen and oxygen atoms in total. The average Bonchev–Trinajstić information content (AvgIpc) is 2.57. The molecule has 0 radical (unpaired) electrons. The van der Waals surface area contributed by atoms with E-state index < -0.39 is 7.82 Å². The van der Waals surface area contributed by atoms with Crippen LogP contribution in [0.15, 0.2) is 36.4 Å². The Kier molecular flexibility index (Phi) is 8.37. The summed E-state index contributed by atoms with van der Waals surface area (Å²) in [5, 5.41) is 1.10. The zero-order valence-corrected chi connectivity index (χ0v) is 17.5. The molecule has 0 bridgehead atoms. The molecule has 10 heteroatoms. The fourth-order valence-corrected chi connectivity index (χ4v) is 4.01. The standard InChI is InChI=1S/C16H15Cl4O5P/c1-2-22-7-8-23-26(21,24-15-5-3-11(17)9-13(15)19)25-16-6-4-12(18)10-14(16)20/h3-6,9-10H,2,7-8H2,1H3. The van der Waals surface area contributed by atoms with E-state index >= 15 is 0 Å². The van der Waals surface area contributed by atoms with E-state index in [1.807, 2.05) is 6.92 Å². The number of halogens is 4. The third kappa shape index (κ3) is 6.50. The number of hydrogen-bond acceptors (Lipinski definition) is 5. The van der Waals surface area contributed by atoms with Crippen LogP contribution in [-0.2, 0) is 13.8 Å². The first-order chi connectivity index (χ1) is 12.3.